The first kappa shape index (κ1) is 19.1. The van der Waals surface area contributed by atoms with Crippen LogP contribution in [0.1, 0.15) is 28.8 Å². The van der Waals surface area contributed by atoms with Crippen molar-refractivity contribution in [2.24, 2.45) is 5.92 Å². The third-order valence-corrected chi connectivity index (χ3v) is 7.90. The van der Waals surface area contributed by atoms with Gasteiger partial charge in [-0.05, 0) is 57.4 Å². The van der Waals surface area contributed by atoms with E-state index in [1.54, 1.807) is 18.2 Å². The van der Waals surface area contributed by atoms with E-state index >= 15 is 0 Å². The van der Waals surface area contributed by atoms with Gasteiger partial charge in [0.15, 0.2) is 0 Å². The zero-order chi connectivity index (χ0) is 18.9. The van der Waals surface area contributed by atoms with Crippen LogP contribution in [-0.4, -0.2) is 31.8 Å². The van der Waals surface area contributed by atoms with Gasteiger partial charge in [0.2, 0.25) is 0 Å². The average molecular weight is 394 g/mol. The van der Waals surface area contributed by atoms with Crippen LogP contribution in [0, 0.1) is 26.7 Å². The Balaban J connectivity index is 1.72. The Kier molecular flexibility index (Phi) is 5.50. The summed E-state index contributed by atoms with van der Waals surface area (Å²) in [5, 5.41) is 0. The number of carbonyl (C=O) groups is 1. The van der Waals surface area contributed by atoms with Crippen LogP contribution in [0.2, 0.25) is 0 Å². The maximum absolute atomic E-state index is 12.8. The van der Waals surface area contributed by atoms with Crippen LogP contribution in [-0.2, 0) is 14.8 Å². The van der Waals surface area contributed by atoms with Gasteiger partial charge in [-0.3, -0.25) is 4.79 Å². The molecule has 1 aliphatic rings. The molecule has 1 fully saturated rings. The van der Waals surface area contributed by atoms with Gasteiger partial charge in [-0.2, -0.15) is 4.31 Å². The molecule has 5 nitrogen and oxygen atoms in total. The van der Waals surface area contributed by atoms with Gasteiger partial charge >= 0.3 is 5.97 Å². The lowest BCUT2D eigenvalue weighted by atomic mass is 10.00. The smallest absolute Gasteiger partial charge is 0.315 e. The minimum absolute atomic E-state index is 0.170. The molecule has 1 unspecified atom stereocenters. The summed E-state index contributed by atoms with van der Waals surface area (Å²) in [4.78, 5) is 13.5. The number of nitrogens with zero attached hydrogens (tertiary/aromatic N) is 1. The highest BCUT2D eigenvalue weighted by Gasteiger charge is 2.35. The Morgan fingerprint density at radius 1 is 1.19 bits per heavy atom. The highest BCUT2D eigenvalue weighted by atomic mass is 32.2. The lowest BCUT2D eigenvalue weighted by Gasteiger charge is -2.30. The summed E-state index contributed by atoms with van der Waals surface area (Å²) in [7, 11) is -3.55. The van der Waals surface area contributed by atoms with Gasteiger partial charge in [0, 0.05) is 18.0 Å². The number of ether oxygens (including phenoxy) is 1. The molecule has 1 saturated heterocycles. The van der Waals surface area contributed by atoms with E-state index < -0.39 is 15.9 Å². The van der Waals surface area contributed by atoms with E-state index in [2.05, 4.69) is 0 Å². The first-order valence-corrected chi connectivity index (χ1v) is 10.9. The normalized spacial score (nSPS) is 18.7. The van der Waals surface area contributed by atoms with Crippen molar-refractivity contribution in [2.75, 3.05) is 13.1 Å². The molecule has 0 spiro atoms. The van der Waals surface area contributed by atoms with Crippen LogP contribution < -0.4 is 4.74 Å². The highest BCUT2D eigenvalue weighted by Crippen LogP contribution is 2.29. The number of esters is 1. The molecule has 26 heavy (non-hydrogen) atoms. The number of piperidine rings is 1. The standard InChI is InChI=1S/C19H23NO4S2/c1-13-6-8-17(14(2)11-13)24-19(21)16-5-4-10-20(12-16)26(22,23)18-9-7-15(3)25-18/h6-9,11,16H,4-5,10,12H2,1-3H3. The van der Waals surface area contributed by atoms with Gasteiger partial charge in [-0.15, -0.1) is 11.3 Å². The van der Waals surface area contributed by atoms with E-state index in [0.717, 1.165) is 16.0 Å². The molecule has 0 radical (unpaired) electrons. The summed E-state index contributed by atoms with van der Waals surface area (Å²) in [5.41, 5.74) is 2.00. The van der Waals surface area contributed by atoms with E-state index in [1.807, 2.05) is 32.9 Å². The lowest BCUT2D eigenvalue weighted by Crippen LogP contribution is -2.43. The Hall–Kier alpha value is -1.70. The van der Waals surface area contributed by atoms with E-state index in [9.17, 15) is 13.2 Å². The molecule has 0 N–H and O–H groups in total. The van der Waals surface area contributed by atoms with Gasteiger partial charge in [-0.1, -0.05) is 17.7 Å². The van der Waals surface area contributed by atoms with Crippen LogP contribution in [0.4, 0.5) is 0 Å². The molecule has 3 rings (SSSR count). The molecule has 2 aromatic rings. The van der Waals surface area contributed by atoms with Crippen molar-refractivity contribution in [3.05, 3.63) is 46.3 Å². The molecule has 1 aliphatic heterocycles. The number of hydrogen-bond acceptors (Lipinski definition) is 5. The van der Waals surface area contributed by atoms with Gasteiger partial charge in [0.05, 0.1) is 5.92 Å². The predicted octanol–water partition coefficient (Wildman–Crippen LogP) is 3.68. The number of hydrogen-bond donors (Lipinski definition) is 0. The fourth-order valence-corrected chi connectivity index (χ4v) is 6.10. The SMILES string of the molecule is Cc1ccc(OC(=O)C2CCCN(S(=O)(=O)c3ccc(C)s3)C2)c(C)c1. The fourth-order valence-electron chi connectivity index (χ4n) is 3.14. The number of thiophene rings is 1. The summed E-state index contributed by atoms with van der Waals surface area (Å²) in [6.07, 6.45) is 1.29. The van der Waals surface area contributed by atoms with E-state index in [4.69, 9.17) is 4.74 Å². The average Bonchev–Trinajstić information content (AvgIpc) is 3.05. The Morgan fingerprint density at radius 3 is 2.62 bits per heavy atom. The second-order valence-corrected chi connectivity index (χ2v) is 10.2. The summed E-state index contributed by atoms with van der Waals surface area (Å²) >= 11 is 1.26. The highest BCUT2D eigenvalue weighted by molar-refractivity contribution is 7.91. The third-order valence-electron chi connectivity index (χ3n) is 4.57. The number of benzene rings is 1. The van der Waals surface area contributed by atoms with Crippen molar-refractivity contribution in [3.63, 3.8) is 0 Å². The minimum Gasteiger partial charge on any atom is -0.426 e. The zero-order valence-corrected chi connectivity index (χ0v) is 16.8. The molecule has 0 aliphatic carbocycles. The number of sulfonamides is 1. The largest absolute Gasteiger partial charge is 0.426 e. The van der Waals surface area contributed by atoms with Crippen molar-refractivity contribution in [2.45, 2.75) is 37.8 Å². The minimum atomic E-state index is -3.55. The first-order valence-electron chi connectivity index (χ1n) is 8.63. The molecule has 1 aromatic heterocycles. The van der Waals surface area contributed by atoms with E-state index in [-0.39, 0.29) is 12.5 Å². The molecule has 2 heterocycles. The summed E-state index contributed by atoms with van der Waals surface area (Å²) < 4.78 is 32.9. The van der Waals surface area contributed by atoms with Crippen LogP contribution in [0.15, 0.2) is 34.5 Å². The van der Waals surface area contributed by atoms with Crippen molar-refractivity contribution in [1.29, 1.82) is 0 Å². The van der Waals surface area contributed by atoms with Crippen molar-refractivity contribution >= 4 is 27.3 Å². The Labute approximate surface area is 158 Å². The molecule has 0 bridgehead atoms. The number of rotatable bonds is 4. The second kappa shape index (κ2) is 7.50. The third kappa shape index (κ3) is 4.00. The van der Waals surface area contributed by atoms with Crippen LogP contribution in [0.25, 0.3) is 0 Å². The van der Waals surface area contributed by atoms with Crippen LogP contribution >= 0.6 is 11.3 Å². The van der Waals surface area contributed by atoms with Gasteiger partial charge in [0.1, 0.15) is 9.96 Å². The maximum Gasteiger partial charge on any atom is 0.315 e. The number of aryl methyl sites for hydroxylation is 3. The lowest BCUT2D eigenvalue weighted by molar-refractivity contribution is -0.140. The van der Waals surface area contributed by atoms with E-state index in [0.29, 0.717) is 29.3 Å². The summed E-state index contributed by atoms with van der Waals surface area (Å²) in [6, 6.07) is 9.07. The van der Waals surface area contributed by atoms with Gasteiger partial charge < -0.3 is 4.74 Å². The molecule has 7 heteroatoms. The second-order valence-electron chi connectivity index (χ2n) is 6.76. The van der Waals surface area contributed by atoms with Crippen LogP contribution in [0.3, 0.4) is 0 Å². The zero-order valence-electron chi connectivity index (χ0n) is 15.2. The monoisotopic (exact) mass is 393 g/mol. The summed E-state index contributed by atoms with van der Waals surface area (Å²) in [6.45, 7) is 6.36. The topological polar surface area (TPSA) is 63.7 Å². The Bertz CT molecular complexity index is 917. The van der Waals surface area contributed by atoms with Crippen molar-refractivity contribution < 1.29 is 17.9 Å². The molecular formula is C19H23NO4S2. The predicted molar refractivity (Wildman–Crippen MR) is 102 cm³/mol. The van der Waals surface area contributed by atoms with Gasteiger partial charge in [0.25, 0.3) is 10.0 Å². The molecule has 140 valence electrons. The van der Waals surface area contributed by atoms with Crippen molar-refractivity contribution in [3.8, 4) is 5.75 Å². The van der Waals surface area contributed by atoms with Crippen molar-refractivity contribution in [1.82, 2.24) is 4.31 Å². The van der Waals surface area contributed by atoms with E-state index in [1.165, 1.54) is 15.6 Å². The van der Waals surface area contributed by atoms with Crippen LogP contribution in [0.5, 0.6) is 5.75 Å². The van der Waals surface area contributed by atoms with Gasteiger partial charge in [-0.25, -0.2) is 8.42 Å². The summed E-state index contributed by atoms with van der Waals surface area (Å²) in [5.74, 6) is -0.269. The fraction of sp³-hybridized carbons (Fsp3) is 0.421. The molecule has 1 aromatic carbocycles. The molecule has 0 amide bonds. The number of carbonyl (C=O) groups excluding carboxylic acids is 1. The molecular weight excluding hydrogens is 370 g/mol. The molecule has 0 saturated carbocycles. The first-order chi connectivity index (χ1) is 12.3. The maximum atomic E-state index is 12.8. The Morgan fingerprint density at radius 2 is 1.96 bits per heavy atom. The quantitative estimate of drug-likeness (QED) is 0.587. The molecule has 1 atom stereocenters.